The van der Waals surface area contributed by atoms with E-state index in [0.717, 1.165) is 41.3 Å². The van der Waals surface area contributed by atoms with Crippen molar-refractivity contribution in [2.24, 2.45) is 0 Å². The smallest absolute Gasteiger partial charge is 0.404 e. The molecular weight excluding hydrogens is 424 g/mol. The van der Waals surface area contributed by atoms with Crippen LogP contribution in [0, 0.1) is 0 Å². The van der Waals surface area contributed by atoms with Crippen LogP contribution >= 0.6 is 11.3 Å². The first-order valence-corrected chi connectivity index (χ1v) is 12.3. The molecule has 0 spiro atoms. The van der Waals surface area contributed by atoms with E-state index < -0.39 is 16.1 Å². The molecule has 0 aliphatic heterocycles. The molecule has 0 atom stereocenters. The third-order valence-corrected chi connectivity index (χ3v) is 8.08. The Kier molecular flexibility index (Phi) is 6.99. The van der Waals surface area contributed by atoms with Crippen LogP contribution in [0.2, 0.25) is 0 Å². The number of nitrogens with one attached hydrogen (secondary N) is 2. The zero-order valence-electron chi connectivity index (χ0n) is 17.4. The van der Waals surface area contributed by atoms with Gasteiger partial charge in [-0.1, -0.05) is 13.0 Å². The Bertz CT molecular complexity index is 996. The monoisotopic (exact) mass is 452 g/mol. The molecule has 3 rings (SSSR count). The zero-order valence-corrected chi connectivity index (χ0v) is 19.0. The van der Waals surface area contributed by atoms with Crippen LogP contribution in [-0.2, 0) is 10.0 Å². The Balaban J connectivity index is 1.87. The zero-order chi connectivity index (χ0) is 21.9. The number of carbonyl (C=O) groups is 1. The molecule has 1 aliphatic carbocycles. The van der Waals surface area contributed by atoms with E-state index in [-0.39, 0.29) is 16.9 Å². The minimum atomic E-state index is -3.64. The topological polar surface area (TPSA) is 112 Å². The molecule has 1 aliphatic rings. The van der Waals surface area contributed by atoms with E-state index >= 15 is 0 Å². The van der Waals surface area contributed by atoms with Gasteiger partial charge < -0.3 is 15.3 Å². The normalized spacial score (nSPS) is 19.4. The number of anilines is 1. The molecule has 1 aromatic heterocycles. The molecule has 3 N–H and O–H groups in total. The first kappa shape index (κ1) is 22.5. The first-order valence-electron chi connectivity index (χ1n) is 9.98. The lowest BCUT2D eigenvalue weighted by Crippen LogP contribution is -2.36. The second-order valence-electron chi connectivity index (χ2n) is 7.64. The van der Waals surface area contributed by atoms with Crippen LogP contribution in [-0.4, -0.2) is 51.3 Å². The Hall–Kier alpha value is -2.17. The molecule has 1 aromatic carbocycles. The summed E-state index contributed by atoms with van der Waals surface area (Å²) in [5.74, 6) is 0.269. The molecule has 0 bridgehead atoms. The predicted molar refractivity (Wildman–Crippen MR) is 119 cm³/mol. The van der Waals surface area contributed by atoms with Crippen LogP contribution in [0.25, 0.3) is 10.4 Å². The summed E-state index contributed by atoms with van der Waals surface area (Å²) >= 11 is 1.52. The number of hydrogen-bond donors (Lipinski definition) is 3. The summed E-state index contributed by atoms with van der Waals surface area (Å²) < 4.78 is 28.3. The van der Waals surface area contributed by atoms with Crippen LogP contribution < -0.4 is 14.9 Å². The van der Waals surface area contributed by atoms with Gasteiger partial charge in [0.1, 0.15) is 0 Å². The number of nitrogens with zero attached hydrogens (tertiary/aromatic N) is 2. The van der Waals surface area contributed by atoms with Gasteiger partial charge in [-0.3, -0.25) is 0 Å². The van der Waals surface area contributed by atoms with Gasteiger partial charge in [-0.05, 0) is 37.8 Å². The fourth-order valence-electron chi connectivity index (χ4n) is 3.74. The van der Waals surface area contributed by atoms with Crippen LogP contribution in [0.1, 0.15) is 43.5 Å². The number of hydrogen-bond acceptors (Lipinski definition) is 6. The molecular formula is C20H28N4O4S2. The molecule has 0 unspecified atom stereocenters. The third kappa shape index (κ3) is 5.11. The lowest BCUT2D eigenvalue weighted by molar-refractivity contribution is 0.185. The second kappa shape index (κ2) is 9.32. The Morgan fingerprint density at radius 1 is 1.27 bits per heavy atom. The molecule has 0 radical (unpaired) electrons. The number of sulfonamides is 1. The highest BCUT2D eigenvalue weighted by Crippen LogP contribution is 2.40. The van der Waals surface area contributed by atoms with E-state index in [0.29, 0.717) is 12.1 Å². The van der Waals surface area contributed by atoms with Gasteiger partial charge in [0.05, 0.1) is 14.8 Å². The number of amides is 1. The molecule has 8 nitrogen and oxygen atoms in total. The van der Waals surface area contributed by atoms with E-state index in [2.05, 4.69) is 15.0 Å². The van der Waals surface area contributed by atoms with Crippen molar-refractivity contribution < 1.29 is 18.3 Å². The maximum atomic E-state index is 12.8. The van der Waals surface area contributed by atoms with Gasteiger partial charge in [0.15, 0.2) is 0 Å². The summed E-state index contributed by atoms with van der Waals surface area (Å²) in [6.07, 6.45) is 4.05. The summed E-state index contributed by atoms with van der Waals surface area (Å²) in [6, 6.07) is 5.43. The highest BCUT2D eigenvalue weighted by Gasteiger charge is 2.27. The van der Waals surface area contributed by atoms with E-state index in [1.165, 1.54) is 11.3 Å². The lowest BCUT2D eigenvalue weighted by atomic mass is 9.86. The quantitative estimate of drug-likeness (QED) is 0.593. The van der Waals surface area contributed by atoms with Crippen molar-refractivity contribution in [1.29, 1.82) is 0 Å². The molecule has 1 heterocycles. The van der Waals surface area contributed by atoms with E-state index in [1.807, 2.05) is 31.1 Å². The van der Waals surface area contributed by atoms with Crippen molar-refractivity contribution in [2.45, 2.75) is 49.5 Å². The Morgan fingerprint density at radius 3 is 2.57 bits per heavy atom. The standard InChI is InChI=1S/C20H28N4O4S2/c1-4-22-30(27,28)18-11-15(24(2)3)9-10-16(18)17-12-21-19(29-17)13-5-7-14(8-6-13)23-20(25)26/h9-14,22-23H,4-8H2,1-3H3,(H,25,26)/t13-,14-. The summed E-state index contributed by atoms with van der Waals surface area (Å²) in [5, 5.41) is 12.4. The van der Waals surface area contributed by atoms with Gasteiger partial charge in [0.25, 0.3) is 0 Å². The minimum absolute atomic E-state index is 0.00590. The van der Waals surface area contributed by atoms with Gasteiger partial charge in [-0.15, -0.1) is 11.3 Å². The summed E-state index contributed by atoms with van der Waals surface area (Å²) in [5.41, 5.74) is 1.45. The minimum Gasteiger partial charge on any atom is -0.465 e. The average molecular weight is 453 g/mol. The predicted octanol–water partition coefficient (Wildman–Crippen LogP) is 3.47. The second-order valence-corrected chi connectivity index (χ2v) is 10.4. The molecule has 30 heavy (non-hydrogen) atoms. The van der Waals surface area contributed by atoms with Crippen LogP contribution in [0.3, 0.4) is 0 Å². The molecule has 0 saturated heterocycles. The maximum Gasteiger partial charge on any atom is 0.404 e. The van der Waals surface area contributed by atoms with Crippen molar-refractivity contribution in [3.8, 4) is 10.4 Å². The Labute approximate surface area is 181 Å². The maximum absolute atomic E-state index is 12.8. The average Bonchev–Trinajstić information content (AvgIpc) is 3.17. The summed E-state index contributed by atoms with van der Waals surface area (Å²) in [7, 11) is 0.107. The number of carboxylic acid groups (broad SMARTS) is 1. The summed E-state index contributed by atoms with van der Waals surface area (Å²) in [6.45, 7) is 2.07. The Morgan fingerprint density at radius 2 is 1.97 bits per heavy atom. The van der Waals surface area contributed by atoms with Crippen molar-refractivity contribution >= 4 is 33.1 Å². The fraction of sp³-hybridized carbons (Fsp3) is 0.500. The van der Waals surface area contributed by atoms with Crippen molar-refractivity contribution in [3.63, 3.8) is 0 Å². The third-order valence-electron chi connectivity index (χ3n) is 5.30. The number of rotatable bonds is 7. The molecule has 1 saturated carbocycles. The van der Waals surface area contributed by atoms with E-state index in [1.54, 1.807) is 19.2 Å². The fourth-order valence-corrected chi connectivity index (χ4v) is 6.21. The van der Waals surface area contributed by atoms with Crippen LogP contribution in [0.4, 0.5) is 10.5 Å². The van der Waals surface area contributed by atoms with Crippen molar-refractivity contribution in [2.75, 3.05) is 25.5 Å². The first-order chi connectivity index (χ1) is 14.2. The van der Waals surface area contributed by atoms with Crippen LogP contribution in [0.15, 0.2) is 29.3 Å². The van der Waals surface area contributed by atoms with E-state index in [9.17, 15) is 13.2 Å². The van der Waals surface area contributed by atoms with Gasteiger partial charge in [-0.2, -0.15) is 0 Å². The van der Waals surface area contributed by atoms with Crippen LogP contribution in [0.5, 0.6) is 0 Å². The highest BCUT2D eigenvalue weighted by atomic mass is 32.2. The van der Waals surface area contributed by atoms with Crippen molar-refractivity contribution in [1.82, 2.24) is 15.0 Å². The molecule has 1 amide bonds. The van der Waals surface area contributed by atoms with Gasteiger partial charge in [-0.25, -0.2) is 22.9 Å². The van der Waals surface area contributed by atoms with E-state index in [4.69, 9.17) is 5.11 Å². The SMILES string of the molecule is CCNS(=O)(=O)c1cc(N(C)C)ccc1-c1cnc([C@H]2CC[C@H](NC(=O)O)CC2)s1. The number of thiazole rings is 1. The number of aromatic nitrogens is 1. The van der Waals surface area contributed by atoms with Gasteiger partial charge in [0, 0.05) is 50.0 Å². The highest BCUT2D eigenvalue weighted by molar-refractivity contribution is 7.89. The summed E-state index contributed by atoms with van der Waals surface area (Å²) in [4.78, 5) is 18.3. The van der Waals surface area contributed by atoms with Gasteiger partial charge >= 0.3 is 6.09 Å². The van der Waals surface area contributed by atoms with Crippen molar-refractivity contribution in [3.05, 3.63) is 29.4 Å². The molecule has 1 fully saturated rings. The van der Waals surface area contributed by atoms with Gasteiger partial charge in [0.2, 0.25) is 10.0 Å². The molecule has 10 heteroatoms. The molecule has 164 valence electrons. The number of benzene rings is 1. The molecule has 2 aromatic rings. The lowest BCUT2D eigenvalue weighted by Gasteiger charge is -2.27. The largest absolute Gasteiger partial charge is 0.465 e.